The van der Waals surface area contributed by atoms with Gasteiger partial charge in [0.1, 0.15) is 18.1 Å². The topological polar surface area (TPSA) is 70.3 Å². The van der Waals surface area contributed by atoms with E-state index in [1.165, 1.54) is 0 Å². The van der Waals surface area contributed by atoms with Gasteiger partial charge in [0.25, 0.3) is 0 Å². The number of hydrogen-bond acceptors (Lipinski definition) is 5. The lowest BCUT2D eigenvalue weighted by atomic mass is 10.0. The molecule has 2 aromatic rings. The standard InChI is InChI=1S/C16H21N3O2/c1-3-13(17)9-12-5-6-14(20-2)10-15(12)21-11-16-18-7-4-8-19-16/h4-8,10,13H,3,9,11,17H2,1-2H3. The van der Waals surface area contributed by atoms with Crippen LogP contribution in [0.15, 0.2) is 36.7 Å². The van der Waals surface area contributed by atoms with Crippen LogP contribution in [0.4, 0.5) is 0 Å². The molecule has 5 heteroatoms. The Balaban J connectivity index is 2.14. The molecule has 0 amide bonds. The van der Waals surface area contributed by atoms with Crippen LogP contribution in [0.2, 0.25) is 0 Å². The van der Waals surface area contributed by atoms with Crippen LogP contribution in [0.5, 0.6) is 11.5 Å². The maximum atomic E-state index is 6.04. The molecule has 1 heterocycles. The molecule has 112 valence electrons. The van der Waals surface area contributed by atoms with Crippen LogP contribution < -0.4 is 15.2 Å². The van der Waals surface area contributed by atoms with Crippen LogP contribution in [0.25, 0.3) is 0 Å². The first-order valence-corrected chi connectivity index (χ1v) is 7.04. The van der Waals surface area contributed by atoms with E-state index in [0.29, 0.717) is 12.4 Å². The predicted molar refractivity (Wildman–Crippen MR) is 81.3 cm³/mol. The smallest absolute Gasteiger partial charge is 0.166 e. The van der Waals surface area contributed by atoms with Gasteiger partial charge >= 0.3 is 0 Å². The molecular formula is C16H21N3O2. The number of ether oxygens (including phenoxy) is 2. The third-order valence-electron chi connectivity index (χ3n) is 3.26. The molecule has 21 heavy (non-hydrogen) atoms. The van der Waals surface area contributed by atoms with Crippen molar-refractivity contribution >= 4 is 0 Å². The Kier molecular flexibility index (Phi) is 5.51. The summed E-state index contributed by atoms with van der Waals surface area (Å²) in [5.74, 6) is 2.17. The Morgan fingerprint density at radius 2 is 2.00 bits per heavy atom. The number of nitrogens with zero attached hydrogens (tertiary/aromatic N) is 2. The molecule has 0 aliphatic rings. The summed E-state index contributed by atoms with van der Waals surface area (Å²) < 4.78 is 11.1. The van der Waals surface area contributed by atoms with Crippen molar-refractivity contribution in [3.8, 4) is 11.5 Å². The molecule has 1 unspecified atom stereocenters. The van der Waals surface area contributed by atoms with Crippen LogP contribution in [0.3, 0.4) is 0 Å². The van der Waals surface area contributed by atoms with Gasteiger partial charge < -0.3 is 15.2 Å². The third kappa shape index (κ3) is 4.43. The highest BCUT2D eigenvalue weighted by Crippen LogP contribution is 2.26. The van der Waals surface area contributed by atoms with Crippen LogP contribution >= 0.6 is 0 Å². The fourth-order valence-electron chi connectivity index (χ4n) is 1.94. The van der Waals surface area contributed by atoms with E-state index >= 15 is 0 Å². The van der Waals surface area contributed by atoms with E-state index in [-0.39, 0.29) is 6.04 Å². The van der Waals surface area contributed by atoms with Crippen molar-refractivity contribution < 1.29 is 9.47 Å². The van der Waals surface area contributed by atoms with Crippen LogP contribution in [0.1, 0.15) is 24.7 Å². The van der Waals surface area contributed by atoms with Crippen molar-refractivity contribution in [2.75, 3.05) is 7.11 Å². The quantitative estimate of drug-likeness (QED) is 0.846. The molecule has 0 saturated heterocycles. The van der Waals surface area contributed by atoms with Crippen molar-refractivity contribution in [3.05, 3.63) is 48.0 Å². The zero-order valence-electron chi connectivity index (χ0n) is 12.5. The van der Waals surface area contributed by atoms with Gasteiger partial charge in [0.2, 0.25) is 0 Å². The van der Waals surface area contributed by atoms with Gasteiger partial charge in [-0.05, 0) is 30.5 Å². The highest BCUT2D eigenvalue weighted by molar-refractivity contribution is 5.41. The average molecular weight is 287 g/mol. The number of methoxy groups -OCH3 is 1. The summed E-state index contributed by atoms with van der Waals surface area (Å²) in [6, 6.07) is 7.69. The number of benzene rings is 1. The molecule has 0 aliphatic heterocycles. The largest absolute Gasteiger partial charge is 0.497 e. The highest BCUT2D eigenvalue weighted by atomic mass is 16.5. The van der Waals surface area contributed by atoms with Crippen LogP contribution in [0, 0.1) is 0 Å². The van der Waals surface area contributed by atoms with Gasteiger partial charge in [-0.15, -0.1) is 0 Å². The van der Waals surface area contributed by atoms with Gasteiger partial charge in [-0.3, -0.25) is 0 Å². The van der Waals surface area contributed by atoms with Gasteiger partial charge in [0.05, 0.1) is 7.11 Å². The Labute approximate surface area is 125 Å². The second-order valence-corrected chi connectivity index (χ2v) is 4.80. The zero-order valence-corrected chi connectivity index (χ0v) is 12.5. The fraction of sp³-hybridized carbons (Fsp3) is 0.375. The Hall–Kier alpha value is -2.14. The molecule has 0 radical (unpaired) electrons. The van der Waals surface area contributed by atoms with E-state index in [0.717, 1.165) is 29.9 Å². The zero-order chi connectivity index (χ0) is 15.1. The molecule has 0 spiro atoms. The molecule has 1 aromatic carbocycles. The lowest BCUT2D eigenvalue weighted by molar-refractivity contribution is 0.289. The predicted octanol–water partition coefficient (Wildman–Crippen LogP) is 2.34. The maximum absolute atomic E-state index is 6.04. The van der Waals surface area contributed by atoms with Gasteiger partial charge in [-0.25, -0.2) is 9.97 Å². The number of aromatic nitrogens is 2. The number of rotatable bonds is 7. The summed E-state index contributed by atoms with van der Waals surface area (Å²) >= 11 is 0. The van der Waals surface area contributed by atoms with Crippen LogP contribution in [-0.4, -0.2) is 23.1 Å². The summed E-state index contributed by atoms with van der Waals surface area (Å²) in [7, 11) is 1.64. The minimum atomic E-state index is 0.119. The lowest BCUT2D eigenvalue weighted by Crippen LogP contribution is -2.21. The van der Waals surface area contributed by atoms with Crippen molar-refractivity contribution in [1.29, 1.82) is 0 Å². The number of nitrogens with two attached hydrogens (primary N) is 1. The monoisotopic (exact) mass is 287 g/mol. The molecule has 0 fully saturated rings. The first-order valence-electron chi connectivity index (χ1n) is 7.04. The van der Waals surface area contributed by atoms with Crippen molar-refractivity contribution in [3.63, 3.8) is 0 Å². The normalized spacial score (nSPS) is 12.0. The minimum absolute atomic E-state index is 0.119. The van der Waals surface area contributed by atoms with Crippen molar-refractivity contribution in [2.24, 2.45) is 5.73 Å². The van der Waals surface area contributed by atoms with E-state index in [9.17, 15) is 0 Å². The summed E-state index contributed by atoms with van der Waals surface area (Å²) in [5, 5.41) is 0. The van der Waals surface area contributed by atoms with Crippen LogP contribution in [-0.2, 0) is 13.0 Å². The van der Waals surface area contributed by atoms with E-state index in [1.807, 2.05) is 18.2 Å². The van der Waals surface area contributed by atoms with Gasteiger partial charge in [0, 0.05) is 24.5 Å². The van der Waals surface area contributed by atoms with Gasteiger partial charge in [0.15, 0.2) is 5.82 Å². The minimum Gasteiger partial charge on any atom is -0.497 e. The molecule has 1 atom stereocenters. The maximum Gasteiger partial charge on any atom is 0.166 e. The Morgan fingerprint density at radius 1 is 1.24 bits per heavy atom. The summed E-state index contributed by atoms with van der Waals surface area (Å²) in [6.07, 6.45) is 5.09. The second kappa shape index (κ2) is 7.59. The summed E-state index contributed by atoms with van der Waals surface area (Å²) in [4.78, 5) is 8.30. The van der Waals surface area contributed by atoms with E-state index in [4.69, 9.17) is 15.2 Å². The SMILES string of the molecule is CCC(N)Cc1ccc(OC)cc1OCc1ncccn1. The van der Waals surface area contributed by atoms with E-state index in [1.54, 1.807) is 25.6 Å². The van der Waals surface area contributed by atoms with E-state index < -0.39 is 0 Å². The molecular weight excluding hydrogens is 266 g/mol. The molecule has 1 aromatic heterocycles. The Bertz CT molecular complexity index is 561. The second-order valence-electron chi connectivity index (χ2n) is 4.80. The molecule has 0 saturated carbocycles. The number of hydrogen-bond donors (Lipinski definition) is 1. The molecule has 2 rings (SSSR count). The average Bonchev–Trinajstić information content (AvgIpc) is 2.54. The first kappa shape index (κ1) is 15.3. The molecule has 0 aliphatic carbocycles. The summed E-state index contributed by atoms with van der Waals surface area (Å²) in [5.41, 5.74) is 7.11. The first-order chi connectivity index (χ1) is 10.2. The van der Waals surface area contributed by atoms with Gasteiger partial charge in [-0.2, -0.15) is 0 Å². The molecule has 5 nitrogen and oxygen atoms in total. The van der Waals surface area contributed by atoms with Crippen molar-refractivity contribution in [1.82, 2.24) is 9.97 Å². The van der Waals surface area contributed by atoms with Gasteiger partial charge in [-0.1, -0.05) is 13.0 Å². The highest BCUT2D eigenvalue weighted by Gasteiger charge is 2.10. The lowest BCUT2D eigenvalue weighted by Gasteiger charge is -2.15. The molecule has 0 bridgehead atoms. The Morgan fingerprint density at radius 3 is 2.67 bits per heavy atom. The summed E-state index contributed by atoms with van der Waals surface area (Å²) in [6.45, 7) is 2.40. The van der Waals surface area contributed by atoms with E-state index in [2.05, 4.69) is 16.9 Å². The fourth-order valence-corrected chi connectivity index (χ4v) is 1.94. The molecule has 2 N–H and O–H groups in total. The van der Waals surface area contributed by atoms with Crippen molar-refractivity contribution in [2.45, 2.75) is 32.4 Å². The third-order valence-corrected chi connectivity index (χ3v) is 3.26.